The van der Waals surface area contributed by atoms with Crippen molar-refractivity contribution in [3.8, 4) is 11.8 Å². The van der Waals surface area contributed by atoms with Gasteiger partial charge >= 0.3 is 0 Å². The zero-order chi connectivity index (χ0) is 15.9. The summed E-state index contributed by atoms with van der Waals surface area (Å²) in [5, 5.41) is 0. The number of piperazine rings is 1. The van der Waals surface area contributed by atoms with Crippen LogP contribution in [-0.2, 0) is 0 Å². The maximum Gasteiger partial charge on any atom is 0.253 e. The maximum absolute atomic E-state index is 12.4. The Labute approximate surface area is 137 Å². The molecule has 0 aromatic heterocycles. The molecule has 1 amide bonds. The fourth-order valence-electron chi connectivity index (χ4n) is 2.65. The number of amides is 1. The van der Waals surface area contributed by atoms with Crippen LogP contribution in [0.4, 0.5) is 0 Å². The van der Waals surface area contributed by atoms with Crippen LogP contribution in [0.2, 0.25) is 0 Å². The molecule has 0 N–H and O–H groups in total. The van der Waals surface area contributed by atoms with Gasteiger partial charge in [0.2, 0.25) is 0 Å². The van der Waals surface area contributed by atoms with E-state index in [0.29, 0.717) is 0 Å². The van der Waals surface area contributed by atoms with E-state index in [0.717, 1.165) is 43.9 Å². The number of rotatable bonds is 2. The fourth-order valence-corrected chi connectivity index (χ4v) is 2.65. The summed E-state index contributed by atoms with van der Waals surface area (Å²) in [5.74, 6) is 6.52. The van der Waals surface area contributed by atoms with Gasteiger partial charge < -0.3 is 4.90 Å². The lowest BCUT2D eigenvalue weighted by atomic mass is 10.2. The molecule has 0 aliphatic carbocycles. The zero-order valence-electron chi connectivity index (χ0n) is 13.1. The Balaban J connectivity index is 1.49. The van der Waals surface area contributed by atoms with Gasteiger partial charge in [-0.1, -0.05) is 48.2 Å². The first-order valence-electron chi connectivity index (χ1n) is 7.93. The van der Waals surface area contributed by atoms with Crippen LogP contribution < -0.4 is 0 Å². The van der Waals surface area contributed by atoms with Gasteiger partial charge in [-0.05, 0) is 24.3 Å². The molecule has 0 radical (unpaired) electrons. The summed E-state index contributed by atoms with van der Waals surface area (Å²) in [6, 6.07) is 19.5. The van der Waals surface area contributed by atoms with E-state index >= 15 is 0 Å². The van der Waals surface area contributed by atoms with Crippen molar-refractivity contribution in [2.45, 2.75) is 0 Å². The minimum Gasteiger partial charge on any atom is -0.336 e. The van der Waals surface area contributed by atoms with Gasteiger partial charge in [0.25, 0.3) is 5.91 Å². The summed E-state index contributed by atoms with van der Waals surface area (Å²) >= 11 is 0. The molecule has 1 heterocycles. The molecule has 0 bridgehead atoms. The van der Waals surface area contributed by atoms with E-state index in [1.165, 1.54) is 0 Å². The summed E-state index contributed by atoms with van der Waals surface area (Å²) in [5.41, 5.74) is 1.82. The van der Waals surface area contributed by atoms with E-state index in [2.05, 4.69) is 16.7 Å². The molecule has 0 saturated carbocycles. The molecule has 3 heteroatoms. The molecule has 116 valence electrons. The molecule has 1 aliphatic heterocycles. The lowest BCUT2D eigenvalue weighted by molar-refractivity contribution is 0.0652. The summed E-state index contributed by atoms with van der Waals surface area (Å²) in [6.07, 6.45) is 0. The Morgan fingerprint density at radius 3 is 2.13 bits per heavy atom. The number of benzene rings is 2. The van der Waals surface area contributed by atoms with Crippen LogP contribution >= 0.6 is 0 Å². The van der Waals surface area contributed by atoms with Gasteiger partial charge in [0.1, 0.15) is 0 Å². The third-order valence-corrected chi connectivity index (χ3v) is 3.99. The zero-order valence-corrected chi connectivity index (χ0v) is 13.1. The third-order valence-electron chi connectivity index (χ3n) is 3.99. The summed E-state index contributed by atoms with van der Waals surface area (Å²) in [6.45, 7) is 4.04. The smallest absolute Gasteiger partial charge is 0.253 e. The van der Waals surface area contributed by atoms with Crippen molar-refractivity contribution >= 4 is 5.91 Å². The van der Waals surface area contributed by atoms with Gasteiger partial charge in [0.05, 0.1) is 6.54 Å². The van der Waals surface area contributed by atoms with Crippen LogP contribution in [0.5, 0.6) is 0 Å². The van der Waals surface area contributed by atoms with Gasteiger partial charge in [-0.2, -0.15) is 0 Å². The summed E-state index contributed by atoms with van der Waals surface area (Å²) in [4.78, 5) is 16.6. The fraction of sp³-hybridized carbons (Fsp3) is 0.250. The van der Waals surface area contributed by atoms with Gasteiger partial charge in [0.15, 0.2) is 0 Å². The number of hydrogen-bond donors (Lipinski definition) is 0. The Hall–Kier alpha value is -2.57. The summed E-state index contributed by atoms with van der Waals surface area (Å²) < 4.78 is 0. The molecule has 1 aliphatic rings. The highest BCUT2D eigenvalue weighted by Gasteiger charge is 2.21. The van der Waals surface area contributed by atoms with E-state index in [1.807, 2.05) is 65.6 Å². The van der Waals surface area contributed by atoms with Crippen molar-refractivity contribution in [1.82, 2.24) is 9.80 Å². The Bertz CT molecular complexity index is 693. The molecule has 3 nitrogen and oxygen atoms in total. The second-order valence-electron chi connectivity index (χ2n) is 5.60. The van der Waals surface area contributed by atoms with Crippen molar-refractivity contribution in [1.29, 1.82) is 0 Å². The van der Waals surface area contributed by atoms with Crippen molar-refractivity contribution < 1.29 is 4.79 Å². The first-order chi connectivity index (χ1) is 11.3. The molecule has 0 unspecified atom stereocenters. The van der Waals surface area contributed by atoms with Crippen molar-refractivity contribution in [3.05, 3.63) is 71.8 Å². The molecule has 1 fully saturated rings. The highest BCUT2D eigenvalue weighted by Crippen LogP contribution is 2.08. The monoisotopic (exact) mass is 304 g/mol. The van der Waals surface area contributed by atoms with Gasteiger partial charge in [-0.25, -0.2) is 0 Å². The SMILES string of the molecule is O=C(c1ccccc1)N1CCN(CC#Cc2ccccc2)CC1. The Morgan fingerprint density at radius 2 is 1.48 bits per heavy atom. The standard InChI is InChI=1S/C20H20N2O/c23-20(19-11-5-2-6-12-19)22-16-14-21(15-17-22)13-7-10-18-8-3-1-4-9-18/h1-6,8-9,11-12H,13-17H2. The van der Waals surface area contributed by atoms with Crippen LogP contribution in [0.3, 0.4) is 0 Å². The van der Waals surface area contributed by atoms with Crippen LogP contribution in [0.1, 0.15) is 15.9 Å². The van der Waals surface area contributed by atoms with E-state index in [1.54, 1.807) is 0 Å². The van der Waals surface area contributed by atoms with Gasteiger partial charge in [-0.3, -0.25) is 9.69 Å². The third kappa shape index (κ3) is 4.21. The quantitative estimate of drug-likeness (QED) is 0.796. The number of carbonyl (C=O) groups excluding carboxylic acids is 1. The first-order valence-corrected chi connectivity index (χ1v) is 7.93. The molecule has 23 heavy (non-hydrogen) atoms. The molecule has 0 spiro atoms. The minimum atomic E-state index is 0.126. The molecule has 2 aromatic rings. The predicted molar refractivity (Wildman–Crippen MR) is 92.1 cm³/mol. The van der Waals surface area contributed by atoms with E-state index < -0.39 is 0 Å². The number of nitrogens with zero attached hydrogens (tertiary/aromatic N) is 2. The second kappa shape index (κ2) is 7.62. The van der Waals surface area contributed by atoms with Gasteiger partial charge in [0, 0.05) is 37.3 Å². The molecule has 0 atom stereocenters. The average Bonchev–Trinajstić information content (AvgIpc) is 2.63. The Morgan fingerprint density at radius 1 is 0.870 bits per heavy atom. The highest BCUT2D eigenvalue weighted by atomic mass is 16.2. The Kier molecular flexibility index (Phi) is 5.08. The van der Waals surface area contributed by atoms with E-state index in [-0.39, 0.29) is 5.91 Å². The molecule has 3 rings (SSSR count). The lowest BCUT2D eigenvalue weighted by Gasteiger charge is -2.33. The van der Waals surface area contributed by atoms with Crippen molar-refractivity contribution in [2.24, 2.45) is 0 Å². The largest absolute Gasteiger partial charge is 0.336 e. The topological polar surface area (TPSA) is 23.6 Å². The average molecular weight is 304 g/mol. The lowest BCUT2D eigenvalue weighted by Crippen LogP contribution is -2.48. The van der Waals surface area contributed by atoms with Crippen LogP contribution in [0.15, 0.2) is 60.7 Å². The highest BCUT2D eigenvalue weighted by molar-refractivity contribution is 5.94. The normalized spacial score (nSPS) is 14.9. The van der Waals surface area contributed by atoms with Crippen molar-refractivity contribution in [3.63, 3.8) is 0 Å². The van der Waals surface area contributed by atoms with E-state index in [9.17, 15) is 4.79 Å². The predicted octanol–water partition coefficient (Wildman–Crippen LogP) is 2.50. The van der Waals surface area contributed by atoms with Crippen LogP contribution in [-0.4, -0.2) is 48.4 Å². The van der Waals surface area contributed by atoms with Gasteiger partial charge in [-0.15, -0.1) is 0 Å². The molecular formula is C20H20N2O. The van der Waals surface area contributed by atoms with Crippen LogP contribution in [0, 0.1) is 11.8 Å². The number of hydrogen-bond acceptors (Lipinski definition) is 2. The van der Waals surface area contributed by atoms with E-state index in [4.69, 9.17) is 0 Å². The molecular weight excluding hydrogens is 284 g/mol. The summed E-state index contributed by atoms with van der Waals surface area (Å²) in [7, 11) is 0. The second-order valence-corrected chi connectivity index (χ2v) is 5.60. The van der Waals surface area contributed by atoms with Crippen LogP contribution in [0.25, 0.3) is 0 Å². The number of carbonyl (C=O) groups is 1. The first kappa shape index (κ1) is 15.3. The van der Waals surface area contributed by atoms with Crippen molar-refractivity contribution in [2.75, 3.05) is 32.7 Å². The molecule has 2 aromatic carbocycles. The molecule has 1 saturated heterocycles. The maximum atomic E-state index is 12.4. The minimum absolute atomic E-state index is 0.126.